The van der Waals surface area contributed by atoms with Gasteiger partial charge in [-0.25, -0.2) is 0 Å². The van der Waals surface area contributed by atoms with Gasteiger partial charge in [-0.15, -0.1) is 0 Å². The van der Waals surface area contributed by atoms with Crippen LogP contribution >= 0.6 is 11.6 Å². The SMILES string of the molecule is COCC(C)NC(=O)CN1CCN(C(=O)c2ccc(Cl)cc2)CC1. The third-order valence-corrected chi connectivity index (χ3v) is 4.19. The molecule has 1 N–H and O–H groups in total. The van der Waals surface area contributed by atoms with Crippen LogP contribution < -0.4 is 5.32 Å². The van der Waals surface area contributed by atoms with Crippen molar-refractivity contribution in [1.29, 1.82) is 0 Å². The summed E-state index contributed by atoms with van der Waals surface area (Å²) in [6, 6.07) is 6.91. The molecule has 1 aliphatic rings. The number of ether oxygens (including phenoxy) is 1. The van der Waals surface area contributed by atoms with Crippen molar-refractivity contribution < 1.29 is 14.3 Å². The summed E-state index contributed by atoms with van der Waals surface area (Å²) in [4.78, 5) is 28.3. The minimum atomic E-state index is -0.0166. The van der Waals surface area contributed by atoms with E-state index in [1.165, 1.54) is 0 Å². The van der Waals surface area contributed by atoms with Crippen LogP contribution in [0.15, 0.2) is 24.3 Å². The van der Waals surface area contributed by atoms with Crippen LogP contribution in [-0.2, 0) is 9.53 Å². The van der Waals surface area contributed by atoms with E-state index < -0.39 is 0 Å². The number of benzene rings is 1. The van der Waals surface area contributed by atoms with Crippen molar-refractivity contribution in [2.45, 2.75) is 13.0 Å². The molecule has 1 aromatic rings. The fourth-order valence-electron chi connectivity index (χ4n) is 2.70. The molecule has 1 aromatic carbocycles. The molecule has 1 heterocycles. The molecule has 1 saturated heterocycles. The Bertz CT molecular complexity index is 557. The van der Waals surface area contributed by atoms with Crippen LogP contribution in [-0.4, -0.2) is 74.1 Å². The van der Waals surface area contributed by atoms with Gasteiger partial charge in [-0.3, -0.25) is 14.5 Å². The first-order valence-corrected chi connectivity index (χ1v) is 8.43. The number of rotatable bonds is 6. The Morgan fingerprint density at radius 2 is 1.83 bits per heavy atom. The zero-order valence-corrected chi connectivity index (χ0v) is 14.9. The molecule has 132 valence electrons. The molecule has 1 unspecified atom stereocenters. The molecule has 7 heteroatoms. The maximum Gasteiger partial charge on any atom is 0.253 e. The first-order chi connectivity index (χ1) is 11.5. The fraction of sp³-hybridized carbons (Fsp3) is 0.529. The lowest BCUT2D eigenvalue weighted by molar-refractivity contribution is -0.123. The minimum absolute atomic E-state index is 0.00415. The Balaban J connectivity index is 1.77. The first kappa shape index (κ1) is 18.7. The minimum Gasteiger partial charge on any atom is -0.383 e. The second-order valence-corrected chi connectivity index (χ2v) is 6.44. The normalized spacial score (nSPS) is 16.7. The highest BCUT2D eigenvalue weighted by molar-refractivity contribution is 6.30. The smallest absolute Gasteiger partial charge is 0.253 e. The van der Waals surface area contributed by atoms with Crippen molar-refractivity contribution in [1.82, 2.24) is 15.1 Å². The summed E-state index contributed by atoms with van der Waals surface area (Å²) < 4.78 is 5.00. The van der Waals surface area contributed by atoms with Crippen molar-refractivity contribution in [2.75, 3.05) is 46.4 Å². The van der Waals surface area contributed by atoms with Crippen LogP contribution in [0.2, 0.25) is 5.02 Å². The number of methoxy groups -OCH3 is 1. The third-order valence-electron chi connectivity index (χ3n) is 3.94. The molecular weight excluding hydrogens is 330 g/mol. The molecule has 1 fully saturated rings. The van der Waals surface area contributed by atoms with Gasteiger partial charge in [0.1, 0.15) is 0 Å². The summed E-state index contributed by atoms with van der Waals surface area (Å²) in [6.45, 7) is 5.35. The molecule has 0 radical (unpaired) electrons. The summed E-state index contributed by atoms with van der Waals surface area (Å²) in [6.07, 6.45) is 0. The predicted molar refractivity (Wildman–Crippen MR) is 93.3 cm³/mol. The van der Waals surface area contributed by atoms with E-state index in [0.29, 0.717) is 49.9 Å². The summed E-state index contributed by atoms with van der Waals surface area (Å²) in [5, 5.41) is 3.51. The van der Waals surface area contributed by atoms with E-state index in [0.717, 1.165) is 0 Å². The lowest BCUT2D eigenvalue weighted by Gasteiger charge is -2.34. The van der Waals surface area contributed by atoms with Gasteiger partial charge in [0.15, 0.2) is 0 Å². The zero-order valence-electron chi connectivity index (χ0n) is 14.1. The van der Waals surface area contributed by atoms with E-state index in [-0.39, 0.29) is 17.9 Å². The molecular formula is C17H24ClN3O3. The number of hydrogen-bond acceptors (Lipinski definition) is 4. The Kier molecular flexibility index (Phi) is 7.02. The number of carbonyl (C=O) groups is 2. The highest BCUT2D eigenvalue weighted by Crippen LogP contribution is 2.13. The number of carbonyl (C=O) groups excluding carboxylic acids is 2. The summed E-state index contributed by atoms with van der Waals surface area (Å²) in [5.41, 5.74) is 0.638. The molecule has 24 heavy (non-hydrogen) atoms. The largest absolute Gasteiger partial charge is 0.383 e. The molecule has 0 aromatic heterocycles. The molecule has 0 spiro atoms. The van der Waals surface area contributed by atoms with E-state index in [1.807, 2.05) is 11.8 Å². The average Bonchev–Trinajstić information content (AvgIpc) is 2.55. The monoisotopic (exact) mass is 353 g/mol. The number of piperazine rings is 1. The fourth-order valence-corrected chi connectivity index (χ4v) is 2.83. The summed E-state index contributed by atoms with van der Waals surface area (Å²) in [7, 11) is 1.61. The molecule has 1 atom stereocenters. The molecule has 1 aliphatic heterocycles. The van der Waals surface area contributed by atoms with Crippen molar-refractivity contribution in [3.63, 3.8) is 0 Å². The Morgan fingerprint density at radius 3 is 2.42 bits per heavy atom. The maximum absolute atomic E-state index is 12.4. The first-order valence-electron chi connectivity index (χ1n) is 8.05. The van der Waals surface area contributed by atoms with E-state index in [4.69, 9.17) is 16.3 Å². The highest BCUT2D eigenvalue weighted by Gasteiger charge is 2.23. The highest BCUT2D eigenvalue weighted by atomic mass is 35.5. The quantitative estimate of drug-likeness (QED) is 0.836. The Labute approximate surface area is 147 Å². The van der Waals surface area contributed by atoms with Crippen molar-refractivity contribution in [2.24, 2.45) is 0 Å². The number of nitrogens with zero attached hydrogens (tertiary/aromatic N) is 2. The molecule has 2 amide bonds. The van der Waals surface area contributed by atoms with Gasteiger partial charge in [0.25, 0.3) is 5.91 Å². The molecule has 6 nitrogen and oxygen atoms in total. The summed E-state index contributed by atoms with van der Waals surface area (Å²) in [5.74, 6) is -0.0125. The average molecular weight is 354 g/mol. The lowest BCUT2D eigenvalue weighted by atomic mass is 10.2. The standard InChI is InChI=1S/C17H24ClN3O3/c1-13(12-24-2)19-16(22)11-20-7-9-21(10-8-20)17(23)14-3-5-15(18)6-4-14/h3-6,13H,7-12H2,1-2H3,(H,19,22). The van der Waals surface area contributed by atoms with Gasteiger partial charge in [-0.05, 0) is 31.2 Å². The van der Waals surface area contributed by atoms with Gasteiger partial charge in [-0.2, -0.15) is 0 Å². The van der Waals surface area contributed by atoms with E-state index >= 15 is 0 Å². The second-order valence-electron chi connectivity index (χ2n) is 6.00. The van der Waals surface area contributed by atoms with E-state index in [1.54, 1.807) is 31.4 Å². The number of halogens is 1. The van der Waals surface area contributed by atoms with Gasteiger partial charge in [0, 0.05) is 49.9 Å². The Hall–Kier alpha value is -1.63. The number of nitrogens with one attached hydrogen (secondary N) is 1. The van der Waals surface area contributed by atoms with Gasteiger partial charge >= 0.3 is 0 Å². The second kappa shape index (κ2) is 9.01. The zero-order chi connectivity index (χ0) is 17.5. The third kappa shape index (κ3) is 5.47. The lowest BCUT2D eigenvalue weighted by Crippen LogP contribution is -2.52. The maximum atomic E-state index is 12.4. The molecule has 0 bridgehead atoms. The molecule has 0 aliphatic carbocycles. The van der Waals surface area contributed by atoms with Crippen LogP contribution in [0.25, 0.3) is 0 Å². The van der Waals surface area contributed by atoms with E-state index in [9.17, 15) is 9.59 Å². The van der Waals surface area contributed by atoms with Gasteiger partial charge < -0.3 is 15.0 Å². The number of amides is 2. The van der Waals surface area contributed by atoms with Crippen molar-refractivity contribution in [3.05, 3.63) is 34.9 Å². The van der Waals surface area contributed by atoms with Gasteiger partial charge in [0.05, 0.1) is 13.2 Å². The topological polar surface area (TPSA) is 61.9 Å². The number of hydrogen-bond donors (Lipinski definition) is 1. The van der Waals surface area contributed by atoms with E-state index in [2.05, 4.69) is 10.2 Å². The van der Waals surface area contributed by atoms with Crippen LogP contribution in [0.4, 0.5) is 0 Å². The van der Waals surface area contributed by atoms with Gasteiger partial charge in [0.2, 0.25) is 5.91 Å². The summed E-state index contributed by atoms with van der Waals surface area (Å²) >= 11 is 5.85. The van der Waals surface area contributed by atoms with Crippen LogP contribution in [0.5, 0.6) is 0 Å². The Morgan fingerprint density at radius 1 is 1.21 bits per heavy atom. The van der Waals surface area contributed by atoms with Crippen LogP contribution in [0.3, 0.4) is 0 Å². The van der Waals surface area contributed by atoms with Gasteiger partial charge in [-0.1, -0.05) is 11.6 Å². The van der Waals surface area contributed by atoms with Crippen molar-refractivity contribution >= 4 is 23.4 Å². The molecule has 2 rings (SSSR count). The van der Waals surface area contributed by atoms with Crippen LogP contribution in [0.1, 0.15) is 17.3 Å². The predicted octanol–water partition coefficient (Wildman–Crippen LogP) is 1.25. The van der Waals surface area contributed by atoms with Crippen molar-refractivity contribution in [3.8, 4) is 0 Å². The van der Waals surface area contributed by atoms with Crippen LogP contribution in [0, 0.1) is 0 Å². The molecule has 0 saturated carbocycles.